The summed E-state index contributed by atoms with van der Waals surface area (Å²) < 4.78 is 1.82. The van der Waals surface area contributed by atoms with Crippen LogP contribution in [0.25, 0.3) is 0 Å². The van der Waals surface area contributed by atoms with E-state index >= 15 is 0 Å². The van der Waals surface area contributed by atoms with Crippen molar-refractivity contribution in [1.82, 2.24) is 20.4 Å². The van der Waals surface area contributed by atoms with Gasteiger partial charge in [0, 0.05) is 18.9 Å². The highest BCUT2D eigenvalue weighted by Crippen LogP contribution is 2.27. The molecular weight excluding hydrogens is 264 g/mol. The molecule has 0 bridgehead atoms. The monoisotopic (exact) mass is 286 g/mol. The number of nitrogens with zero attached hydrogens (tertiary/aromatic N) is 2. The first-order valence-electron chi connectivity index (χ1n) is 6.64. The smallest absolute Gasteiger partial charge is 0.248 e. The van der Waals surface area contributed by atoms with Crippen molar-refractivity contribution in [1.29, 1.82) is 0 Å². The van der Waals surface area contributed by atoms with Crippen molar-refractivity contribution in [3.05, 3.63) is 18.5 Å². The summed E-state index contributed by atoms with van der Waals surface area (Å²) in [4.78, 5) is 12.5. The molecule has 2 heterocycles. The molecule has 1 amide bonds. The fourth-order valence-corrected chi connectivity index (χ4v) is 2.38. The molecule has 0 radical (unpaired) electrons. The first-order valence-corrected chi connectivity index (χ1v) is 6.64. The quantitative estimate of drug-likeness (QED) is 0.873. The van der Waals surface area contributed by atoms with E-state index in [2.05, 4.69) is 29.6 Å². The maximum Gasteiger partial charge on any atom is 0.248 e. The number of amides is 1. The molecule has 6 heteroatoms. The predicted octanol–water partition coefficient (Wildman–Crippen LogP) is 1.16. The highest BCUT2D eigenvalue weighted by Gasteiger charge is 2.41. The van der Waals surface area contributed by atoms with Gasteiger partial charge in [0.1, 0.15) is 5.54 Å². The normalized spacial score (nSPS) is 17.8. The molecule has 1 aromatic rings. The lowest BCUT2D eigenvalue weighted by Gasteiger charge is -2.36. The van der Waals surface area contributed by atoms with Gasteiger partial charge in [-0.25, -0.2) is 0 Å². The van der Waals surface area contributed by atoms with Gasteiger partial charge in [0.05, 0.1) is 0 Å². The molecule has 0 saturated carbocycles. The van der Waals surface area contributed by atoms with Crippen LogP contribution >= 0.6 is 12.4 Å². The maximum absolute atomic E-state index is 12.5. The van der Waals surface area contributed by atoms with E-state index in [4.69, 9.17) is 0 Å². The van der Waals surface area contributed by atoms with Crippen LogP contribution in [0.15, 0.2) is 18.5 Å². The summed E-state index contributed by atoms with van der Waals surface area (Å²) >= 11 is 0. The van der Waals surface area contributed by atoms with Crippen molar-refractivity contribution in [3.8, 4) is 0 Å². The Morgan fingerprint density at radius 3 is 2.68 bits per heavy atom. The second-order valence-corrected chi connectivity index (χ2v) is 5.34. The summed E-state index contributed by atoms with van der Waals surface area (Å²) in [6.07, 6.45) is 5.21. The zero-order valence-corrected chi connectivity index (χ0v) is 12.4. The SMILES string of the molecule is CC(C)CNC(=O)C1(n2cccn2)CCNCC1.Cl. The van der Waals surface area contributed by atoms with E-state index in [1.165, 1.54) is 0 Å². The molecule has 0 aromatic carbocycles. The summed E-state index contributed by atoms with van der Waals surface area (Å²) in [7, 11) is 0. The van der Waals surface area contributed by atoms with Crippen molar-refractivity contribution in [3.63, 3.8) is 0 Å². The highest BCUT2D eigenvalue weighted by atomic mass is 35.5. The van der Waals surface area contributed by atoms with E-state index in [1.54, 1.807) is 6.20 Å². The van der Waals surface area contributed by atoms with Crippen LogP contribution in [0.3, 0.4) is 0 Å². The van der Waals surface area contributed by atoms with Gasteiger partial charge >= 0.3 is 0 Å². The fraction of sp³-hybridized carbons (Fsp3) is 0.692. The van der Waals surface area contributed by atoms with E-state index in [0.29, 0.717) is 5.92 Å². The van der Waals surface area contributed by atoms with Crippen LogP contribution in [0.5, 0.6) is 0 Å². The third-order valence-electron chi connectivity index (χ3n) is 3.47. The van der Waals surface area contributed by atoms with Crippen LogP contribution < -0.4 is 10.6 Å². The Kier molecular flexibility index (Phi) is 5.82. The van der Waals surface area contributed by atoms with Crippen LogP contribution in [0.2, 0.25) is 0 Å². The molecule has 1 aliphatic rings. The molecule has 0 unspecified atom stereocenters. The first kappa shape index (κ1) is 16.0. The number of aromatic nitrogens is 2. The molecule has 1 aromatic heterocycles. The molecule has 1 fully saturated rings. The van der Waals surface area contributed by atoms with E-state index in [0.717, 1.165) is 32.5 Å². The van der Waals surface area contributed by atoms with Crippen LogP contribution in [0.1, 0.15) is 26.7 Å². The Labute approximate surface area is 120 Å². The summed E-state index contributed by atoms with van der Waals surface area (Å²) in [5.41, 5.74) is -0.510. The molecule has 19 heavy (non-hydrogen) atoms. The summed E-state index contributed by atoms with van der Waals surface area (Å²) in [5.74, 6) is 0.562. The van der Waals surface area contributed by atoms with E-state index < -0.39 is 5.54 Å². The Bertz CT molecular complexity index is 385. The average Bonchev–Trinajstić information content (AvgIpc) is 2.91. The van der Waals surface area contributed by atoms with Gasteiger partial charge in [0.25, 0.3) is 0 Å². The average molecular weight is 287 g/mol. The van der Waals surface area contributed by atoms with Crippen LogP contribution in [-0.4, -0.2) is 35.3 Å². The van der Waals surface area contributed by atoms with Crippen LogP contribution in [-0.2, 0) is 10.3 Å². The number of hydrogen-bond donors (Lipinski definition) is 2. The van der Waals surface area contributed by atoms with Crippen molar-refractivity contribution in [2.75, 3.05) is 19.6 Å². The van der Waals surface area contributed by atoms with Crippen LogP contribution in [0.4, 0.5) is 0 Å². The third kappa shape index (κ3) is 3.48. The van der Waals surface area contributed by atoms with E-state index in [-0.39, 0.29) is 18.3 Å². The Hall–Kier alpha value is -1.07. The van der Waals surface area contributed by atoms with Gasteiger partial charge in [-0.1, -0.05) is 13.8 Å². The largest absolute Gasteiger partial charge is 0.354 e. The van der Waals surface area contributed by atoms with E-state index in [1.807, 2.05) is 16.9 Å². The minimum absolute atomic E-state index is 0. The number of halogens is 1. The number of nitrogens with one attached hydrogen (secondary N) is 2. The fourth-order valence-electron chi connectivity index (χ4n) is 2.38. The lowest BCUT2D eigenvalue weighted by atomic mass is 9.87. The number of carbonyl (C=O) groups excluding carboxylic acids is 1. The lowest BCUT2D eigenvalue weighted by molar-refractivity contribution is -0.132. The Morgan fingerprint density at radius 1 is 1.47 bits per heavy atom. The second kappa shape index (κ2) is 6.91. The Morgan fingerprint density at radius 2 is 2.16 bits per heavy atom. The van der Waals surface area contributed by atoms with Crippen molar-refractivity contribution >= 4 is 18.3 Å². The first-order chi connectivity index (χ1) is 8.65. The minimum atomic E-state index is -0.510. The molecule has 2 N–H and O–H groups in total. The van der Waals surface area contributed by atoms with Crippen LogP contribution in [0, 0.1) is 5.92 Å². The van der Waals surface area contributed by atoms with Crippen molar-refractivity contribution in [2.45, 2.75) is 32.2 Å². The zero-order valence-electron chi connectivity index (χ0n) is 11.6. The summed E-state index contributed by atoms with van der Waals surface area (Å²) in [6.45, 7) is 6.63. The van der Waals surface area contributed by atoms with Gasteiger partial charge in [0.2, 0.25) is 5.91 Å². The van der Waals surface area contributed by atoms with Gasteiger partial charge in [-0.15, -0.1) is 12.4 Å². The number of rotatable bonds is 4. The van der Waals surface area contributed by atoms with Gasteiger partial charge in [0.15, 0.2) is 0 Å². The number of piperidine rings is 1. The number of hydrogen-bond acceptors (Lipinski definition) is 3. The van der Waals surface area contributed by atoms with Gasteiger partial charge < -0.3 is 10.6 Å². The molecule has 0 spiro atoms. The molecule has 1 saturated heterocycles. The lowest BCUT2D eigenvalue weighted by Crippen LogP contribution is -2.55. The molecule has 5 nitrogen and oxygen atoms in total. The second-order valence-electron chi connectivity index (χ2n) is 5.34. The minimum Gasteiger partial charge on any atom is -0.354 e. The third-order valence-corrected chi connectivity index (χ3v) is 3.47. The molecule has 2 rings (SSSR count). The standard InChI is InChI=1S/C13H22N4O.ClH/c1-11(2)10-15-12(18)13(4-7-14-8-5-13)17-9-3-6-16-17;/h3,6,9,11,14H,4-5,7-8,10H2,1-2H3,(H,15,18);1H. The Balaban J connectivity index is 0.00000180. The van der Waals surface area contributed by atoms with Crippen molar-refractivity contribution < 1.29 is 4.79 Å². The maximum atomic E-state index is 12.5. The topological polar surface area (TPSA) is 59.0 Å². The van der Waals surface area contributed by atoms with Crippen molar-refractivity contribution in [2.24, 2.45) is 5.92 Å². The highest BCUT2D eigenvalue weighted by molar-refractivity contribution is 5.85. The molecule has 108 valence electrons. The zero-order chi connectivity index (χ0) is 13.0. The molecule has 1 aliphatic heterocycles. The number of carbonyl (C=O) groups is 1. The summed E-state index contributed by atoms with van der Waals surface area (Å²) in [5, 5.41) is 10.6. The van der Waals surface area contributed by atoms with Gasteiger partial charge in [-0.05, 0) is 37.9 Å². The summed E-state index contributed by atoms with van der Waals surface area (Å²) in [6, 6.07) is 1.87. The van der Waals surface area contributed by atoms with E-state index in [9.17, 15) is 4.79 Å². The molecule has 0 atom stereocenters. The molecule has 0 aliphatic carbocycles. The van der Waals surface area contributed by atoms with Gasteiger partial charge in [-0.2, -0.15) is 5.10 Å². The predicted molar refractivity (Wildman–Crippen MR) is 77.4 cm³/mol. The molecular formula is C13H23ClN4O. The van der Waals surface area contributed by atoms with Gasteiger partial charge in [-0.3, -0.25) is 9.48 Å².